The highest BCUT2D eigenvalue weighted by Gasteiger charge is 2.27. The van der Waals surface area contributed by atoms with Crippen LogP contribution >= 0.6 is 27.5 Å². The molecule has 0 bridgehead atoms. The lowest BCUT2D eigenvalue weighted by atomic mass is 10.1. The van der Waals surface area contributed by atoms with E-state index in [4.69, 9.17) is 16.3 Å². The van der Waals surface area contributed by atoms with E-state index in [0.717, 1.165) is 15.6 Å². The number of aryl methyl sites for hydroxylation is 1. The Bertz CT molecular complexity index is 873. The summed E-state index contributed by atoms with van der Waals surface area (Å²) in [6, 6.07) is 12.3. The number of halogens is 2. The normalized spacial score (nSPS) is 11.8. The molecule has 0 radical (unpaired) electrons. The molecule has 1 unspecified atom stereocenters. The minimum atomic E-state index is -0.645. The number of nitrogens with one attached hydrogen (secondary N) is 1. The monoisotopic (exact) mass is 480 g/mol. The standard InChI is InChI=1S/C22H26BrClN2O3/c1-14(2)25-22(28)16(4)26(12-17-8-6-5-7-15(17)3)21(27)13-29-20-10-9-18(23)11-19(20)24/h5-11,14,16H,12-13H2,1-4H3,(H,25,28). The van der Waals surface area contributed by atoms with Gasteiger partial charge in [0.15, 0.2) is 6.61 Å². The minimum absolute atomic E-state index is 0.0156. The van der Waals surface area contributed by atoms with Crippen LogP contribution < -0.4 is 10.1 Å². The maximum absolute atomic E-state index is 13.0. The summed E-state index contributed by atoms with van der Waals surface area (Å²) in [6.07, 6.45) is 0. The molecule has 1 N–H and O–H groups in total. The second-order valence-corrected chi connectivity index (χ2v) is 8.47. The number of amides is 2. The number of ether oxygens (including phenoxy) is 1. The molecular formula is C22H26BrClN2O3. The van der Waals surface area contributed by atoms with Crippen LogP contribution in [-0.4, -0.2) is 35.4 Å². The van der Waals surface area contributed by atoms with Gasteiger partial charge in [0.1, 0.15) is 11.8 Å². The van der Waals surface area contributed by atoms with Crippen LogP contribution in [0.15, 0.2) is 46.9 Å². The van der Waals surface area contributed by atoms with Gasteiger partial charge in [-0.25, -0.2) is 0 Å². The van der Waals surface area contributed by atoms with E-state index in [1.165, 1.54) is 4.90 Å². The quantitative estimate of drug-likeness (QED) is 0.593. The molecule has 0 aromatic heterocycles. The van der Waals surface area contributed by atoms with Crippen molar-refractivity contribution in [3.63, 3.8) is 0 Å². The van der Waals surface area contributed by atoms with E-state index >= 15 is 0 Å². The van der Waals surface area contributed by atoms with Crippen molar-refractivity contribution in [1.29, 1.82) is 0 Å². The molecule has 0 aliphatic heterocycles. The van der Waals surface area contributed by atoms with Crippen molar-refractivity contribution in [3.8, 4) is 5.75 Å². The van der Waals surface area contributed by atoms with E-state index in [1.54, 1.807) is 25.1 Å². The summed E-state index contributed by atoms with van der Waals surface area (Å²) in [4.78, 5) is 27.1. The van der Waals surface area contributed by atoms with Crippen molar-refractivity contribution in [2.45, 2.75) is 46.3 Å². The molecule has 0 aliphatic rings. The lowest BCUT2D eigenvalue weighted by Crippen LogP contribution is -2.50. The first-order valence-electron chi connectivity index (χ1n) is 9.41. The largest absolute Gasteiger partial charge is 0.482 e. The molecule has 7 heteroatoms. The highest BCUT2D eigenvalue weighted by Crippen LogP contribution is 2.27. The predicted molar refractivity (Wildman–Crippen MR) is 119 cm³/mol. The molecule has 0 spiro atoms. The molecule has 156 valence electrons. The number of nitrogens with zero attached hydrogens (tertiary/aromatic N) is 1. The highest BCUT2D eigenvalue weighted by atomic mass is 79.9. The lowest BCUT2D eigenvalue weighted by Gasteiger charge is -2.29. The van der Waals surface area contributed by atoms with Crippen LogP contribution in [0.2, 0.25) is 5.02 Å². The predicted octanol–water partition coefficient (Wildman–Crippen LogP) is 4.73. The van der Waals surface area contributed by atoms with Gasteiger partial charge in [-0.2, -0.15) is 0 Å². The van der Waals surface area contributed by atoms with E-state index in [0.29, 0.717) is 17.3 Å². The summed E-state index contributed by atoms with van der Waals surface area (Å²) < 4.78 is 6.46. The Kier molecular flexibility index (Phi) is 8.53. The van der Waals surface area contributed by atoms with Crippen molar-refractivity contribution < 1.29 is 14.3 Å². The van der Waals surface area contributed by atoms with E-state index in [-0.39, 0.29) is 24.5 Å². The van der Waals surface area contributed by atoms with Gasteiger partial charge < -0.3 is 15.0 Å². The second kappa shape index (κ2) is 10.6. The molecule has 2 aromatic carbocycles. The van der Waals surface area contributed by atoms with Gasteiger partial charge in [-0.1, -0.05) is 51.8 Å². The molecule has 29 heavy (non-hydrogen) atoms. The summed E-state index contributed by atoms with van der Waals surface area (Å²) in [6.45, 7) is 7.57. The van der Waals surface area contributed by atoms with Gasteiger partial charge in [-0.3, -0.25) is 9.59 Å². The van der Waals surface area contributed by atoms with Crippen molar-refractivity contribution >= 4 is 39.3 Å². The van der Waals surface area contributed by atoms with E-state index < -0.39 is 6.04 Å². The Hall–Kier alpha value is -2.05. The van der Waals surface area contributed by atoms with Crippen molar-refractivity contribution in [1.82, 2.24) is 10.2 Å². The third kappa shape index (κ3) is 6.75. The van der Waals surface area contributed by atoms with Crippen LogP contribution in [-0.2, 0) is 16.1 Å². The van der Waals surface area contributed by atoms with Crippen molar-refractivity contribution in [2.24, 2.45) is 0 Å². The molecule has 0 saturated heterocycles. The summed E-state index contributed by atoms with van der Waals surface area (Å²) >= 11 is 9.51. The zero-order valence-corrected chi connectivity index (χ0v) is 19.4. The fraction of sp³-hybridized carbons (Fsp3) is 0.364. The number of benzene rings is 2. The maximum atomic E-state index is 13.0. The molecule has 0 aliphatic carbocycles. The number of hydrogen-bond acceptors (Lipinski definition) is 3. The Balaban J connectivity index is 2.19. The second-order valence-electron chi connectivity index (χ2n) is 7.15. The Labute approximate surface area is 185 Å². The smallest absolute Gasteiger partial charge is 0.261 e. The first-order chi connectivity index (χ1) is 13.7. The zero-order chi connectivity index (χ0) is 21.6. The van der Waals surface area contributed by atoms with Crippen molar-refractivity contribution in [2.75, 3.05) is 6.61 Å². The Morgan fingerprint density at radius 1 is 1.17 bits per heavy atom. The Morgan fingerprint density at radius 3 is 2.48 bits per heavy atom. The van der Waals surface area contributed by atoms with Gasteiger partial charge in [-0.15, -0.1) is 0 Å². The van der Waals surface area contributed by atoms with Gasteiger partial charge in [0.25, 0.3) is 5.91 Å². The van der Waals surface area contributed by atoms with E-state index in [9.17, 15) is 9.59 Å². The van der Waals surface area contributed by atoms with Crippen LogP contribution in [0.1, 0.15) is 31.9 Å². The molecule has 2 aromatic rings. The first kappa shape index (κ1) is 23.2. The summed E-state index contributed by atoms with van der Waals surface area (Å²) in [7, 11) is 0. The summed E-state index contributed by atoms with van der Waals surface area (Å²) in [5.41, 5.74) is 2.03. The van der Waals surface area contributed by atoms with Crippen LogP contribution in [0.4, 0.5) is 0 Å². The van der Waals surface area contributed by atoms with Crippen molar-refractivity contribution in [3.05, 3.63) is 63.1 Å². The van der Waals surface area contributed by atoms with Crippen LogP contribution in [0.5, 0.6) is 5.75 Å². The molecular weight excluding hydrogens is 456 g/mol. The molecule has 0 fully saturated rings. The van der Waals surface area contributed by atoms with Gasteiger partial charge >= 0.3 is 0 Å². The number of carbonyl (C=O) groups is 2. The Morgan fingerprint density at radius 2 is 1.86 bits per heavy atom. The minimum Gasteiger partial charge on any atom is -0.482 e. The number of hydrogen-bond donors (Lipinski definition) is 1. The fourth-order valence-electron chi connectivity index (χ4n) is 2.77. The zero-order valence-electron chi connectivity index (χ0n) is 17.0. The van der Waals surface area contributed by atoms with Crippen LogP contribution in [0, 0.1) is 6.92 Å². The molecule has 2 rings (SSSR count). The molecule has 0 saturated carbocycles. The van der Waals surface area contributed by atoms with Crippen LogP contribution in [0.25, 0.3) is 0 Å². The van der Waals surface area contributed by atoms with Gasteiger partial charge in [-0.05, 0) is 57.0 Å². The number of rotatable bonds is 8. The average molecular weight is 482 g/mol. The van der Waals surface area contributed by atoms with Crippen LogP contribution in [0.3, 0.4) is 0 Å². The topological polar surface area (TPSA) is 58.6 Å². The fourth-order valence-corrected chi connectivity index (χ4v) is 3.50. The average Bonchev–Trinajstić information content (AvgIpc) is 2.65. The van der Waals surface area contributed by atoms with E-state index in [1.807, 2.05) is 45.0 Å². The van der Waals surface area contributed by atoms with Gasteiger partial charge in [0.2, 0.25) is 5.91 Å². The SMILES string of the molecule is Cc1ccccc1CN(C(=O)COc1ccc(Br)cc1Cl)C(C)C(=O)NC(C)C. The third-order valence-electron chi connectivity index (χ3n) is 4.45. The molecule has 1 atom stereocenters. The summed E-state index contributed by atoms with van der Waals surface area (Å²) in [5, 5.41) is 3.27. The number of carbonyl (C=O) groups excluding carboxylic acids is 2. The lowest BCUT2D eigenvalue weighted by molar-refractivity contribution is -0.142. The van der Waals surface area contributed by atoms with E-state index in [2.05, 4.69) is 21.2 Å². The highest BCUT2D eigenvalue weighted by molar-refractivity contribution is 9.10. The molecule has 2 amide bonds. The maximum Gasteiger partial charge on any atom is 0.261 e. The summed E-state index contributed by atoms with van der Waals surface area (Å²) in [5.74, 6) is -0.0828. The third-order valence-corrected chi connectivity index (χ3v) is 5.23. The first-order valence-corrected chi connectivity index (χ1v) is 10.6. The molecule has 5 nitrogen and oxygen atoms in total. The van der Waals surface area contributed by atoms with Gasteiger partial charge in [0, 0.05) is 17.1 Å². The van der Waals surface area contributed by atoms with Gasteiger partial charge in [0.05, 0.1) is 5.02 Å². The molecule has 0 heterocycles.